The number of sulfonamides is 1. The van der Waals surface area contributed by atoms with Crippen LogP contribution >= 0.6 is 11.6 Å². The molecule has 8 heteroatoms. The van der Waals surface area contributed by atoms with E-state index in [2.05, 4.69) is 17.0 Å². The fourth-order valence-corrected chi connectivity index (χ4v) is 6.29. The Bertz CT molecular complexity index is 1490. The van der Waals surface area contributed by atoms with Gasteiger partial charge in [-0.2, -0.15) is 0 Å². The first-order chi connectivity index (χ1) is 18.9. The summed E-state index contributed by atoms with van der Waals surface area (Å²) in [6.45, 7) is 3.92. The third-order valence-electron chi connectivity index (χ3n) is 6.88. The number of carbonyl (C=O) groups is 1. The maximum absolute atomic E-state index is 13.7. The van der Waals surface area contributed by atoms with Crippen molar-refractivity contribution in [1.82, 2.24) is 9.80 Å². The van der Waals surface area contributed by atoms with Crippen LogP contribution in [0.1, 0.15) is 21.5 Å². The second kappa shape index (κ2) is 12.0. The molecule has 1 aliphatic heterocycles. The van der Waals surface area contributed by atoms with Crippen LogP contribution in [0, 0.1) is 0 Å². The standard InChI is InChI=1S/C31H30ClN3O3S/c32-28-15-11-26(12-16-28)24-35(39(37,38)30-9-5-2-6-10-30)29-17-13-27(14-18-29)31(36)34-21-19-33(20-22-34)23-25-7-3-1-4-8-25/h1-18H,19-24H2. The van der Waals surface area contributed by atoms with E-state index in [1.54, 1.807) is 66.7 Å². The Morgan fingerprint density at radius 3 is 1.92 bits per heavy atom. The number of hydrogen-bond acceptors (Lipinski definition) is 4. The summed E-state index contributed by atoms with van der Waals surface area (Å²) in [5.74, 6) is -0.0453. The number of halogens is 1. The molecular formula is C31H30ClN3O3S. The Morgan fingerprint density at radius 1 is 0.718 bits per heavy atom. The topological polar surface area (TPSA) is 60.9 Å². The number of carbonyl (C=O) groups excluding carboxylic acids is 1. The summed E-state index contributed by atoms with van der Waals surface area (Å²) in [4.78, 5) is 17.7. The molecule has 0 unspecified atom stereocenters. The molecule has 200 valence electrons. The average Bonchev–Trinajstić information content (AvgIpc) is 2.98. The van der Waals surface area contributed by atoms with Crippen LogP contribution in [-0.4, -0.2) is 50.3 Å². The molecular weight excluding hydrogens is 530 g/mol. The molecule has 4 aromatic carbocycles. The third kappa shape index (κ3) is 6.50. The van der Waals surface area contributed by atoms with Crippen molar-refractivity contribution in [2.45, 2.75) is 18.0 Å². The van der Waals surface area contributed by atoms with E-state index in [4.69, 9.17) is 11.6 Å². The van der Waals surface area contributed by atoms with Gasteiger partial charge in [0, 0.05) is 43.3 Å². The summed E-state index contributed by atoms with van der Waals surface area (Å²) < 4.78 is 28.7. The Hall–Kier alpha value is -3.65. The summed E-state index contributed by atoms with van der Waals surface area (Å²) in [5, 5.41) is 0.583. The number of piperazine rings is 1. The molecule has 0 bridgehead atoms. The van der Waals surface area contributed by atoms with Gasteiger partial charge in [-0.3, -0.25) is 14.0 Å². The summed E-state index contributed by atoms with van der Waals surface area (Å²) >= 11 is 6.04. The lowest BCUT2D eigenvalue weighted by Crippen LogP contribution is -2.48. The van der Waals surface area contributed by atoms with Gasteiger partial charge in [0.05, 0.1) is 17.1 Å². The molecule has 4 aromatic rings. The average molecular weight is 560 g/mol. The summed E-state index contributed by atoms with van der Waals surface area (Å²) in [5.41, 5.74) is 3.09. The SMILES string of the molecule is O=C(c1ccc(N(Cc2ccc(Cl)cc2)S(=O)(=O)c2ccccc2)cc1)N1CCN(Cc2ccccc2)CC1. The molecule has 39 heavy (non-hydrogen) atoms. The van der Waals surface area contributed by atoms with Gasteiger partial charge in [-0.25, -0.2) is 8.42 Å². The van der Waals surface area contributed by atoms with Gasteiger partial charge >= 0.3 is 0 Å². The number of nitrogens with zero attached hydrogens (tertiary/aromatic N) is 3. The van der Waals surface area contributed by atoms with E-state index in [0.29, 0.717) is 29.4 Å². The largest absolute Gasteiger partial charge is 0.336 e. The maximum atomic E-state index is 13.7. The van der Waals surface area contributed by atoms with Crippen LogP contribution in [-0.2, 0) is 23.1 Å². The Morgan fingerprint density at radius 2 is 1.31 bits per heavy atom. The van der Waals surface area contributed by atoms with Crippen molar-refractivity contribution in [3.63, 3.8) is 0 Å². The highest BCUT2D eigenvalue weighted by Crippen LogP contribution is 2.27. The molecule has 6 nitrogen and oxygen atoms in total. The van der Waals surface area contributed by atoms with Gasteiger partial charge in [0.1, 0.15) is 0 Å². The molecule has 1 amide bonds. The Balaban J connectivity index is 1.31. The van der Waals surface area contributed by atoms with Crippen molar-refractivity contribution < 1.29 is 13.2 Å². The highest BCUT2D eigenvalue weighted by molar-refractivity contribution is 7.92. The first kappa shape index (κ1) is 26.9. The van der Waals surface area contributed by atoms with E-state index in [1.807, 2.05) is 35.2 Å². The van der Waals surface area contributed by atoms with Gasteiger partial charge in [-0.05, 0) is 59.7 Å². The van der Waals surface area contributed by atoms with Crippen LogP contribution in [0.5, 0.6) is 0 Å². The number of amides is 1. The van der Waals surface area contributed by atoms with Crippen LogP contribution in [0.4, 0.5) is 5.69 Å². The lowest BCUT2D eigenvalue weighted by Gasteiger charge is -2.35. The smallest absolute Gasteiger partial charge is 0.264 e. The quantitative estimate of drug-likeness (QED) is 0.278. The lowest BCUT2D eigenvalue weighted by molar-refractivity contribution is 0.0628. The Labute approximate surface area is 235 Å². The van der Waals surface area contributed by atoms with Crippen molar-refractivity contribution in [3.05, 3.63) is 131 Å². The summed E-state index contributed by atoms with van der Waals surface area (Å²) in [7, 11) is -3.85. The van der Waals surface area contributed by atoms with Crippen LogP contribution in [0.2, 0.25) is 5.02 Å². The second-order valence-electron chi connectivity index (χ2n) is 9.55. The molecule has 0 aliphatic carbocycles. The van der Waals surface area contributed by atoms with Gasteiger partial charge < -0.3 is 4.90 Å². The number of benzene rings is 4. The first-order valence-electron chi connectivity index (χ1n) is 12.9. The van der Waals surface area contributed by atoms with Crippen LogP contribution in [0.15, 0.2) is 114 Å². The second-order valence-corrected chi connectivity index (χ2v) is 11.9. The minimum Gasteiger partial charge on any atom is -0.336 e. The predicted octanol–water partition coefficient (Wildman–Crippen LogP) is 5.69. The van der Waals surface area contributed by atoms with E-state index in [1.165, 1.54) is 9.87 Å². The molecule has 0 saturated carbocycles. The van der Waals surface area contributed by atoms with E-state index >= 15 is 0 Å². The highest BCUT2D eigenvalue weighted by atomic mass is 35.5. The van der Waals surface area contributed by atoms with Crippen molar-refractivity contribution >= 4 is 33.2 Å². The van der Waals surface area contributed by atoms with Crippen LogP contribution in [0.3, 0.4) is 0 Å². The van der Waals surface area contributed by atoms with Gasteiger partial charge in [-0.15, -0.1) is 0 Å². The molecule has 0 N–H and O–H groups in total. The fraction of sp³-hybridized carbons (Fsp3) is 0.194. The van der Waals surface area contributed by atoms with Gasteiger partial charge in [0.2, 0.25) is 0 Å². The molecule has 1 fully saturated rings. The first-order valence-corrected chi connectivity index (χ1v) is 14.7. The fourth-order valence-electron chi connectivity index (χ4n) is 4.69. The molecule has 0 aromatic heterocycles. The van der Waals surface area contributed by atoms with Crippen molar-refractivity contribution in [3.8, 4) is 0 Å². The molecule has 0 radical (unpaired) electrons. The van der Waals surface area contributed by atoms with Crippen LogP contribution in [0.25, 0.3) is 0 Å². The highest BCUT2D eigenvalue weighted by Gasteiger charge is 2.26. The van der Waals surface area contributed by atoms with Crippen molar-refractivity contribution in [2.24, 2.45) is 0 Å². The zero-order valence-corrected chi connectivity index (χ0v) is 23.1. The molecule has 1 aliphatic rings. The molecule has 1 heterocycles. The zero-order chi connectivity index (χ0) is 27.2. The van der Waals surface area contributed by atoms with E-state index in [9.17, 15) is 13.2 Å². The van der Waals surface area contributed by atoms with E-state index in [-0.39, 0.29) is 17.3 Å². The van der Waals surface area contributed by atoms with Crippen molar-refractivity contribution in [1.29, 1.82) is 0 Å². The predicted molar refractivity (Wildman–Crippen MR) is 155 cm³/mol. The van der Waals surface area contributed by atoms with E-state index in [0.717, 1.165) is 25.2 Å². The summed E-state index contributed by atoms with van der Waals surface area (Å²) in [6.07, 6.45) is 0. The van der Waals surface area contributed by atoms with Crippen molar-refractivity contribution in [2.75, 3.05) is 30.5 Å². The number of hydrogen-bond donors (Lipinski definition) is 0. The van der Waals surface area contributed by atoms with Gasteiger partial charge in [0.25, 0.3) is 15.9 Å². The maximum Gasteiger partial charge on any atom is 0.264 e. The van der Waals surface area contributed by atoms with E-state index < -0.39 is 10.0 Å². The molecule has 0 atom stereocenters. The van der Waals surface area contributed by atoms with Gasteiger partial charge in [0.15, 0.2) is 0 Å². The summed E-state index contributed by atoms with van der Waals surface area (Å²) in [6, 6.07) is 32.6. The molecule has 1 saturated heterocycles. The molecule has 0 spiro atoms. The molecule has 5 rings (SSSR count). The van der Waals surface area contributed by atoms with Crippen LogP contribution < -0.4 is 4.31 Å². The minimum absolute atomic E-state index is 0.0453. The lowest BCUT2D eigenvalue weighted by atomic mass is 10.1. The van der Waals surface area contributed by atoms with Gasteiger partial charge in [-0.1, -0.05) is 72.3 Å². The third-order valence-corrected chi connectivity index (χ3v) is 8.92. The monoisotopic (exact) mass is 559 g/mol. The number of rotatable bonds is 8. The Kier molecular flexibility index (Phi) is 8.31. The number of anilines is 1. The minimum atomic E-state index is -3.85. The normalized spacial score (nSPS) is 14.2. The zero-order valence-electron chi connectivity index (χ0n) is 21.5.